The molecule has 37 heavy (non-hydrogen) atoms. The van der Waals surface area contributed by atoms with Crippen LogP contribution >= 0.6 is 0 Å². The van der Waals surface area contributed by atoms with Gasteiger partial charge < -0.3 is 5.11 Å². The predicted octanol–water partition coefficient (Wildman–Crippen LogP) is 7.59. The highest BCUT2D eigenvalue weighted by Gasteiger charge is 2.30. The predicted molar refractivity (Wildman–Crippen MR) is 145 cm³/mol. The lowest BCUT2D eigenvalue weighted by Gasteiger charge is -2.15. The Kier molecular flexibility index (Phi) is 10.5. The summed E-state index contributed by atoms with van der Waals surface area (Å²) in [5.74, 6) is -1.37. The van der Waals surface area contributed by atoms with E-state index in [0.717, 1.165) is 12.8 Å². The normalized spacial score (nSPS) is 14.5. The van der Waals surface area contributed by atoms with Crippen LogP contribution < -0.4 is 0 Å². The number of fused-ring (bicyclic) bond motifs is 2. The van der Waals surface area contributed by atoms with Crippen molar-refractivity contribution in [3.05, 3.63) is 106 Å². The molecule has 192 valence electrons. The van der Waals surface area contributed by atoms with Gasteiger partial charge in [-0.25, -0.2) is 0 Å². The Morgan fingerprint density at radius 3 is 1.62 bits per heavy atom. The fourth-order valence-electron chi connectivity index (χ4n) is 4.38. The van der Waals surface area contributed by atoms with Gasteiger partial charge in [0.25, 0.3) is 0 Å². The molecule has 0 bridgehead atoms. The molecular formula is C32H34O5. The van der Waals surface area contributed by atoms with E-state index in [4.69, 9.17) is 0 Å². The highest BCUT2D eigenvalue weighted by Crippen LogP contribution is 2.26. The summed E-state index contributed by atoms with van der Waals surface area (Å²) in [4.78, 5) is 47.0. The maximum absolute atomic E-state index is 12.4. The van der Waals surface area contributed by atoms with Crippen molar-refractivity contribution in [3.8, 4) is 0 Å². The smallest absolute Gasteiger partial charge is 0.228 e. The number of aliphatic hydroxyl groups excluding tert-OH is 1. The Morgan fingerprint density at radius 1 is 0.622 bits per heavy atom. The summed E-state index contributed by atoms with van der Waals surface area (Å²) in [7, 11) is 0. The topological polar surface area (TPSA) is 88.5 Å². The number of allylic oxidation sites excluding steroid dienone is 6. The number of aliphatic hydroxyl groups is 1. The average molecular weight is 499 g/mol. The van der Waals surface area contributed by atoms with Crippen LogP contribution in [0.2, 0.25) is 0 Å². The summed E-state index contributed by atoms with van der Waals surface area (Å²) in [6.07, 6.45) is 17.0. The van der Waals surface area contributed by atoms with Gasteiger partial charge in [0.1, 0.15) is 0 Å². The van der Waals surface area contributed by atoms with Crippen molar-refractivity contribution in [2.45, 2.75) is 64.7 Å². The van der Waals surface area contributed by atoms with Crippen molar-refractivity contribution < 1.29 is 24.3 Å². The molecule has 5 nitrogen and oxygen atoms in total. The van der Waals surface area contributed by atoms with Gasteiger partial charge in [0.2, 0.25) is 5.78 Å². The maximum atomic E-state index is 12.4. The largest absolute Gasteiger partial charge is 0.504 e. The Bertz CT molecular complexity index is 1210. The molecular weight excluding hydrogens is 464 g/mol. The van der Waals surface area contributed by atoms with Crippen LogP contribution in [0.15, 0.2) is 84.2 Å². The summed E-state index contributed by atoms with van der Waals surface area (Å²) in [6.45, 7) is 2.22. The van der Waals surface area contributed by atoms with Gasteiger partial charge >= 0.3 is 0 Å². The number of hydrogen-bond acceptors (Lipinski definition) is 5. The zero-order chi connectivity index (χ0) is 26.6. The fraction of sp³-hybridized carbons (Fsp3) is 0.312. The molecule has 0 heterocycles. The van der Waals surface area contributed by atoms with Crippen molar-refractivity contribution in [1.29, 1.82) is 0 Å². The number of Topliss-reactive ketones (excluding diaryl/α,β-unsaturated/α-hetero) is 2. The third kappa shape index (κ3) is 7.32. The molecule has 0 aromatic heterocycles. The van der Waals surface area contributed by atoms with E-state index in [0.29, 0.717) is 16.7 Å². The van der Waals surface area contributed by atoms with Crippen LogP contribution in [0.1, 0.15) is 106 Å². The Morgan fingerprint density at radius 2 is 1.08 bits per heavy atom. The highest BCUT2D eigenvalue weighted by atomic mass is 16.3. The summed E-state index contributed by atoms with van der Waals surface area (Å²) in [5.41, 5.74) is 1.78. The standard InChI is InChI=1S/C22H28O3.C10H6O2/c1-2-3-4-5-6-7-8-9-10-11-16-19-20(23)17-14-12-13-15-18(17)21(24)22(19)25;11-9-5-6-10(12)8-4-2-1-3-7(8)9/h11-16,25H,2-10H2,1H3;1-6H/b16-11+;. The Labute approximate surface area is 218 Å². The van der Waals surface area contributed by atoms with Gasteiger partial charge in [-0.05, 0) is 25.0 Å². The van der Waals surface area contributed by atoms with Crippen LogP contribution in [-0.2, 0) is 0 Å². The third-order valence-corrected chi connectivity index (χ3v) is 6.48. The molecule has 2 aliphatic rings. The molecule has 2 aromatic carbocycles. The minimum absolute atomic E-state index is 0.0924. The molecule has 0 radical (unpaired) electrons. The molecule has 2 aliphatic carbocycles. The van der Waals surface area contributed by atoms with E-state index in [1.165, 1.54) is 57.1 Å². The highest BCUT2D eigenvalue weighted by molar-refractivity contribution is 6.27. The second kappa shape index (κ2) is 14.0. The summed E-state index contributed by atoms with van der Waals surface area (Å²) < 4.78 is 0. The van der Waals surface area contributed by atoms with Gasteiger partial charge in [0.15, 0.2) is 23.1 Å². The third-order valence-electron chi connectivity index (χ3n) is 6.48. The number of ketones is 4. The zero-order valence-electron chi connectivity index (χ0n) is 21.4. The Hall–Kier alpha value is -3.86. The van der Waals surface area contributed by atoms with E-state index in [9.17, 15) is 24.3 Å². The molecule has 0 amide bonds. The minimum atomic E-state index is -0.470. The van der Waals surface area contributed by atoms with Crippen molar-refractivity contribution in [2.75, 3.05) is 0 Å². The van der Waals surface area contributed by atoms with Gasteiger partial charge in [-0.15, -0.1) is 0 Å². The first-order chi connectivity index (χ1) is 18.0. The molecule has 0 fully saturated rings. The summed E-state index contributed by atoms with van der Waals surface area (Å²) in [5, 5.41) is 10.1. The van der Waals surface area contributed by atoms with Crippen LogP contribution in [0.4, 0.5) is 0 Å². The van der Waals surface area contributed by atoms with Crippen molar-refractivity contribution in [2.24, 2.45) is 0 Å². The van der Waals surface area contributed by atoms with Crippen LogP contribution in [-0.4, -0.2) is 28.2 Å². The first-order valence-electron chi connectivity index (χ1n) is 13.1. The molecule has 0 aliphatic heterocycles. The lowest BCUT2D eigenvalue weighted by molar-refractivity contribution is 0.0932. The lowest BCUT2D eigenvalue weighted by Crippen LogP contribution is -2.21. The van der Waals surface area contributed by atoms with Crippen molar-refractivity contribution in [1.82, 2.24) is 0 Å². The van der Waals surface area contributed by atoms with Crippen molar-refractivity contribution in [3.63, 3.8) is 0 Å². The van der Waals surface area contributed by atoms with E-state index < -0.39 is 11.5 Å². The molecule has 0 saturated carbocycles. The zero-order valence-corrected chi connectivity index (χ0v) is 21.4. The number of carbonyl (C=O) groups excluding carboxylic acids is 4. The quantitative estimate of drug-likeness (QED) is 0.341. The second-order valence-electron chi connectivity index (χ2n) is 9.24. The summed E-state index contributed by atoms with van der Waals surface area (Å²) in [6, 6.07) is 13.5. The summed E-state index contributed by atoms with van der Waals surface area (Å²) >= 11 is 0. The molecule has 0 atom stereocenters. The SMILES string of the molecule is CCCCCCCCCC/C=C/C1=C(O)C(=O)c2ccccc2C1=O.O=C1C=CC(=O)c2ccccc21. The monoisotopic (exact) mass is 498 g/mol. The van der Waals surface area contributed by atoms with Crippen LogP contribution in [0.25, 0.3) is 0 Å². The minimum Gasteiger partial charge on any atom is -0.504 e. The molecule has 0 saturated heterocycles. The van der Waals surface area contributed by atoms with Gasteiger partial charge in [0.05, 0.1) is 5.57 Å². The fourth-order valence-corrected chi connectivity index (χ4v) is 4.38. The number of hydrogen-bond donors (Lipinski definition) is 1. The van der Waals surface area contributed by atoms with Crippen LogP contribution in [0.5, 0.6) is 0 Å². The van der Waals surface area contributed by atoms with Crippen LogP contribution in [0, 0.1) is 0 Å². The molecule has 1 N–H and O–H groups in total. The first-order valence-corrected chi connectivity index (χ1v) is 13.1. The number of carbonyl (C=O) groups is 4. The van der Waals surface area contributed by atoms with Gasteiger partial charge in [-0.1, -0.05) is 113 Å². The van der Waals surface area contributed by atoms with E-state index in [2.05, 4.69) is 6.92 Å². The van der Waals surface area contributed by atoms with Gasteiger partial charge in [0, 0.05) is 22.3 Å². The molecule has 2 aromatic rings. The van der Waals surface area contributed by atoms with Crippen molar-refractivity contribution >= 4 is 23.1 Å². The average Bonchev–Trinajstić information content (AvgIpc) is 2.93. The Balaban J connectivity index is 0.000000262. The maximum Gasteiger partial charge on any atom is 0.228 e. The number of rotatable bonds is 10. The molecule has 0 unspecified atom stereocenters. The van der Waals surface area contributed by atoms with Gasteiger partial charge in [-0.2, -0.15) is 0 Å². The van der Waals surface area contributed by atoms with E-state index in [-0.39, 0.29) is 28.5 Å². The van der Waals surface area contributed by atoms with E-state index in [1.54, 1.807) is 54.6 Å². The van der Waals surface area contributed by atoms with Crippen LogP contribution in [0.3, 0.4) is 0 Å². The van der Waals surface area contributed by atoms with E-state index in [1.807, 2.05) is 6.08 Å². The van der Waals surface area contributed by atoms with Gasteiger partial charge in [-0.3, -0.25) is 19.2 Å². The lowest BCUT2D eigenvalue weighted by atomic mass is 9.88. The van der Waals surface area contributed by atoms with E-state index >= 15 is 0 Å². The first kappa shape index (κ1) is 27.7. The molecule has 4 rings (SSSR count). The molecule has 0 spiro atoms. The second-order valence-corrected chi connectivity index (χ2v) is 9.24. The number of benzene rings is 2. The molecule has 5 heteroatoms. The number of unbranched alkanes of at least 4 members (excludes halogenated alkanes) is 8.